The van der Waals surface area contributed by atoms with Crippen molar-refractivity contribution in [2.75, 3.05) is 17.2 Å². The Kier molecular flexibility index (Phi) is 6.34. The summed E-state index contributed by atoms with van der Waals surface area (Å²) in [6.07, 6.45) is -0.675. The Bertz CT molecular complexity index is 1210. The van der Waals surface area contributed by atoms with Gasteiger partial charge in [-0.15, -0.1) is 23.1 Å². The Balaban J connectivity index is 1.53. The lowest BCUT2D eigenvalue weighted by molar-refractivity contribution is -0.150. The number of fused-ring (bicyclic) bond motifs is 2. The van der Waals surface area contributed by atoms with Crippen LogP contribution in [0.1, 0.15) is 27.7 Å². The third kappa shape index (κ3) is 4.49. The molecule has 2 aliphatic rings. The number of hydrogen-bond donors (Lipinski definition) is 2. The zero-order valence-electron chi connectivity index (χ0n) is 19.2. The van der Waals surface area contributed by atoms with E-state index < -0.39 is 40.9 Å². The predicted molar refractivity (Wildman–Crippen MR) is 131 cm³/mol. The molecule has 0 aliphatic carbocycles. The van der Waals surface area contributed by atoms with Crippen molar-refractivity contribution in [3.8, 4) is 0 Å². The summed E-state index contributed by atoms with van der Waals surface area (Å²) in [5.74, 6) is -1.73. The molecular weight excluding hydrogens is 478 g/mol. The minimum Gasteiger partial charge on any atom is -0.477 e. The Labute approximate surface area is 204 Å². The highest BCUT2D eigenvalue weighted by molar-refractivity contribution is 8.00. The summed E-state index contributed by atoms with van der Waals surface area (Å²) in [5.41, 5.74) is 0.357. The fourth-order valence-electron chi connectivity index (χ4n) is 3.88. The van der Waals surface area contributed by atoms with Crippen molar-refractivity contribution < 1.29 is 29.0 Å². The van der Waals surface area contributed by atoms with E-state index in [2.05, 4.69) is 5.32 Å². The number of amides is 3. The number of nitrogens with zero attached hydrogens (tertiary/aromatic N) is 2. The molecule has 4 rings (SSSR count). The summed E-state index contributed by atoms with van der Waals surface area (Å²) in [5, 5.41) is 14.3. The molecule has 1 saturated heterocycles. The van der Waals surface area contributed by atoms with Crippen molar-refractivity contribution in [1.82, 2.24) is 10.2 Å². The van der Waals surface area contributed by atoms with Gasteiger partial charge in [-0.1, -0.05) is 18.2 Å². The molecule has 1 aromatic carbocycles. The summed E-state index contributed by atoms with van der Waals surface area (Å²) >= 11 is 2.84. The van der Waals surface area contributed by atoms with E-state index in [9.17, 15) is 24.3 Å². The van der Waals surface area contributed by atoms with Crippen LogP contribution in [-0.2, 0) is 19.1 Å². The van der Waals surface area contributed by atoms with E-state index in [1.165, 1.54) is 32.9 Å². The zero-order valence-corrected chi connectivity index (χ0v) is 20.8. The molecule has 2 aliphatic heterocycles. The lowest BCUT2D eigenvalue weighted by Crippen LogP contribution is -2.71. The molecule has 2 N–H and O–H groups in total. The second-order valence-corrected chi connectivity index (χ2v) is 11.1. The van der Waals surface area contributed by atoms with Crippen molar-refractivity contribution in [2.45, 2.75) is 44.7 Å². The molecule has 34 heavy (non-hydrogen) atoms. The molecule has 180 valence electrons. The van der Waals surface area contributed by atoms with Crippen LogP contribution in [0.5, 0.6) is 0 Å². The molecule has 3 amide bonds. The number of benzene rings is 1. The van der Waals surface area contributed by atoms with Crippen LogP contribution < -0.4 is 10.2 Å². The number of hydrogen-bond acceptors (Lipinski definition) is 7. The first-order chi connectivity index (χ1) is 16.0. The molecule has 1 fully saturated rings. The maximum absolute atomic E-state index is 13.0. The summed E-state index contributed by atoms with van der Waals surface area (Å²) in [7, 11) is 0. The number of aliphatic carboxylic acids is 1. The topological polar surface area (TPSA) is 116 Å². The number of ether oxygens (including phenoxy) is 1. The zero-order chi connectivity index (χ0) is 24.8. The molecule has 0 radical (unpaired) electrons. The Morgan fingerprint density at radius 1 is 1.26 bits per heavy atom. The normalized spacial score (nSPS) is 20.0. The van der Waals surface area contributed by atoms with Gasteiger partial charge in [0.15, 0.2) is 0 Å². The van der Waals surface area contributed by atoms with Gasteiger partial charge in [-0.2, -0.15) is 0 Å². The van der Waals surface area contributed by atoms with Gasteiger partial charge in [-0.25, -0.2) is 9.59 Å². The minimum absolute atomic E-state index is 0.0284. The van der Waals surface area contributed by atoms with E-state index in [0.29, 0.717) is 17.0 Å². The number of anilines is 1. The van der Waals surface area contributed by atoms with Gasteiger partial charge in [0.2, 0.25) is 5.91 Å². The van der Waals surface area contributed by atoms with Gasteiger partial charge in [0.25, 0.3) is 5.91 Å². The standard InChI is InChI=1S/C23H25N3O6S2/c1-12-10-34-20-17(19(28)26(20)18(12)21(29)30)24-16(27)9-25(22(31)32-23(2,3)4)14-11-33-15-8-6-5-7-13(14)15/h5-8,11,17,20H,9-10H2,1-4H3,(H,24,27)(H,29,30)/t17?,20-/m0/s1. The van der Waals surface area contributed by atoms with Gasteiger partial charge in [0.05, 0.1) is 5.69 Å². The highest BCUT2D eigenvalue weighted by Crippen LogP contribution is 2.40. The van der Waals surface area contributed by atoms with E-state index in [0.717, 1.165) is 10.1 Å². The third-order valence-electron chi connectivity index (χ3n) is 5.34. The number of carboxylic acid groups (broad SMARTS) is 1. The van der Waals surface area contributed by atoms with Crippen molar-refractivity contribution in [1.29, 1.82) is 0 Å². The SMILES string of the molecule is CC1=C(C(=O)O)N2C(=O)C(NC(=O)CN(C(=O)OC(C)(C)C)c3csc4ccccc34)[C@@H]2SC1. The number of carboxylic acids is 1. The van der Waals surface area contributed by atoms with Crippen molar-refractivity contribution in [3.05, 3.63) is 40.9 Å². The second-order valence-electron chi connectivity index (χ2n) is 9.07. The van der Waals surface area contributed by atoms with Crippen LogP contribution in [-0.4, -0.2) is 63.2 Å². The number of β-lactam (4-membered cyclic amide) rings is 1. The fourth-order valence-corrected chi connectivity index (χ4v) is 6.12. The maximum atomic E-state index is 13.0. The van der Waals surface area contributed by atoms with E-state index in [-0.39, 0.29) is 12.2 Å². The fraction of sp³-hybridized carbons (Fsp3) is 0.391. The molecule has 1 unspecified atom stereocenters. The molecule has 2 atom stereocenters. The molecule has 0 bridgehead atoms. The summed E-state index contributed by atoms with van der Waals surface area (Å²) in [4.78, 5) is 52.8. The third-order valence-corrected chi connectivity index (χ3v) is 7.72. The number of carbonyl (C=O) groups is 4. The minimum atomic E-state index is -1.17. The van der Waals surface area contributed by atoms with E-state index in [4.69, 9.17) is 4.74 Å². The number of nitrogens with one attached hydrogen (secondary N) is 1. The lowest BCUT2D eigenvalue weighted by atomic mass is 10.0. The quantitative estimate of drug-likeness (QED) is 0.601. The van der Waals surface area contributed by atoms with Gasteiger partial charge < -0.3 is 15.2 Å². The van der Waals surface area contributed by atoms with Crippen LogP contribution in [0.2, 0.25) is 0 Å². The first kappa shape index (κ1) is 24.1. The van der Waals surface area contributed by atoms with Crippen LogP contribution in [0, 0.1) is 0 Å². The molecule has 0 saturated carbocycles. The van der Waals surface area contributed by atoms with Gasteiger partial charge in [-0.3, -0.25) is 19.4 Å². The van der Waals surface area contributed by atoms with Crippen LogP contribution in [0.4, 0.5) is 10.5 Å². The monoisotopic (exact) mass is 503 g/mol. The Morgan fingerprint density at radius 2 is 1.97 bits per heavy atom. The van der Waals surface area contributed by atoms with Crippen molar-refractivity contribution >= 4 is 62.7 Å². The first-order valence-corrected chi connectivity index (χ1v) is 12.5. The Hall–Kier alpha value is -3.05. The molecule has 0 spiro atoms. The molecule has 3 heterocycles. The number of rotatable bonds is 5. The summed E-state index contributed by atoms with van der Waals surface area (Å²) in [6.45, 7) is 6.55. The maximum Gasteiger partial charge on any atom is 0.415 e. The lowest BCUT2D eigenvalue weighted by Gasteiger charge is -2.49. The van der Waals surface area contributed by atoms with E-state index >= 15 is 0 Å². The Morgan fingerprint density at radius 3 is 2.65 bits per heavy atom. The van der Waals surface area contributed by atoms with E-state index in [1.54, 1.807) is 33.1 Å². The molecule has 1 aromatic heterocycles. The molecular formula is C23H25N3O6S2. The average molecular weight is 504 g/mol. The van der Waals surface area contributed by atoms with Gasteiger partial charge >= 0.3 is 12.1 Å². The molecule has 11 heteroatoms. The largest absolute Gasteiger partial charge is 0.477 e. The molecule has 9 nitrogen and oxygen atoms in total. The van der Waals surface area contributed by atoms with Crippen LogP contribution >= 0.6 is 23.1 Å². The first-order valence-electron chi connectivity index (χ1n) is 10.6. The van der Waals surface area contributed by atoms with Crippen molar-refractivity contribution in [2.24, 2.45) is 0 Å². The average Bonchev–Trinajstić information content (AvgIpc) is 3.18. The van der Waals surface area contributed by atoms with Crippen LogP contribution in [0.25, 0.3) is 10.1 Å². The number of thioether (sulfide) groups is 1. The van der Waals surface area contributed by atoms with Crippen LogP contribution in [0.3, 0.4) is 0 Å². The van der Waals surface area contributed by atoms with Crippen molar-refractivity contribution in [3.63, 3.8) is 0 Å². The highest BCUT2D eigenvalue weighted by atomic mass is 32.2. The summed E-state index contributed by atoms with van der Waals surface area (Å²) in [6, 6.07) is 6.67. The van der Waals surface area contributed by atoms with E-state index in [1.807, 2.05) is 24.3 Å². The number of thiophene rings is 1. The highest BCUT2D eigenvalue weighted by Gasteiger charge is 2.53. The van der Waals surface area contributed by atoms with Gasteiger partial charge in [0.1, 0.15) is 29.3 Å². The van der Waals surface area contributed by atoms with Gasteiger partial charge in [-0.05, 0) is 39.3 Å². The second kappa shape index (κ2) is 8.95. The summed E-state index contributed by atoms with van der Waals surface area (Å²) < 4.78 is 6.50. The van der Waals surface area contributed by atoms with Gasteiger partial charge in [0, 0.05) is 21.2 Å². The smallest absolute Gasteiger partial charge is 0.415 e. The van der Waals surface area contributed by atoms with Crippen LogP contribution in [0.15, 0.2) is 40.9 Å². The predicted octanol–water partition coefficient (Wildman–Crippen LogP) is 3.40. The number of carbonyl (C=O) groups excluding carboxylic acids is 3. The molecule has 2 aromatic rings.